The van der Waals surface area contributed by atoms with Crippen LogP contribution in [0.3, 0.4) is 0 Å². The van der Waals surface area contributed by atoms with Gasteiger partial charge in [-0.2, -0.15) is 0 Å². The molecule has 0 atom stereocenters. The van der Waals surface area contributed by atoms with E-state index in [1.165, 1.54) is 42.1 Å². The summed E-state index contributed by atoms with van der Waals surface area (Å²) in [7, 11) is 0. The van der Waals surface area contributed by atoms with Gasteiger partial charge in [-0.25, -0.2) is 15.0 Å². The van der Waals surface area contributed by atoms with E-state index >= 15 is 0 Å². The molecule has 6 heteroatoms. The van der Waals surface area contributed by atoms with Gasteiger partial charge in [-0.3, -0.25) is 0 Å². The Hall–Kier alpha value is -7.41. The summed E-state index contributed by atoms with van der Waals surface area (Å²) in [6, 6.07) is 63.7. The number of nitrogens with zero attached hydrogens (tertiary/aromatic N) is 4. The minimum Gasteiger partial charge on any atom is -0.454 e. The van der Waals surface area contributed by atoms with Gasteiger partial charge in [0.1, 0.15) is 5.58 Å². The van der Waals surface area contributed by atoms with Gasteiger partial charge in [0, 0.05) is 58.4 Å². The van der Waals surface area contributed by atoms with Crippen LogP contribution < -0.4 is 0 Å². The van der Waals surface area contributed by atoms with Crippen LogP contribution in [0, 0.1) is 0 Å². The summed E-state index contributed by atoms with van der Waals surface area (Å²) in [5.41, 5.74) is 10.0. The SMILES string of the molecule is c1ccc(-c2nc(-c3ccc4c(c3)oc3c(-n5c6ccccc6c6ccccc65)cccc34)nc(-c3ccc4sc5cccc(-c6ccccc6)c5c4c3)n2)cc1. The highest BCUT2D eigenvalue weighted by molar-refractivity contribution is 7.26. The second-order valence-electron chi connectivity index (χ2n) is 14.4. The van der Waals surface area contributed by atoms with Crippen molar-refractivity contribution in [3.05, 3.63) is 182 Å². The first-order valence-electron chi connectivity index (χ1n) is 19.0. The molecule has 5 nitrogen and oxygen atoms in total. The van der Waals surface area contributed by atoms with E-state index < -0.39 is 0 Å². The molecule has 12 rings (SSSR count). The molecule has 0 fully saturated rings. The van der Waals surface area contributed by atoms with Crippen LogP contribution in [0.1, 0.15) is 0 Å². The summed E-state index contributed by atoms with van der Waals surface area (Å²) in [5.74, 6) is 1.83. The largest absolute Gasteiger partial charge is 0.454 e. The van der Waals surface area contributed by atoms with E-state index in [1.807, 2.05) is 41.7 Å². The monoisotopic (exact) mass is 746 g/mol. The summed E-state index contributed by atoms with van der Waals surface area (Å²) in [5, 5.41) is 6.97. The van der Waals surface area contributed by atoms with E-state index in [1.54, 1.807) is 0 Å². The molecule has 4 aromatic heterocycles. The Kier molecular flexibility index (Phi) is 7.03. The smallest absolute Gasteiger partial charge is 0.164 e. The van der Waals surface area contributed by atoms with E-state index in [0.29, 0.717) is 17.5 Å². The zero-order chi connectivity index (χ0) is 37.5. The van der Waals surface area contributed by atoms with Gasteiger partial charge in [0.2, 0.25) is 0 Å². The van der Waals surface area contributed by atoms with E-state index in [4.69, 9.17) is 19.4 Å². The third-order valence-electron chi connectivity index (χ3n) is 11.1. The molecule has 4 heterocycles. The summed E-state index contributed by atoms with van der Waals surface area (Å²) < 4.78 is 11.6. The summed E-state index contributed by atoms with van der Waals surface area (Å²) in [4.78, 5) is 15.3. The Bertz CT molecular complexity index is 3470. The number of thiophene rings is 1. The molecule has 0 spiro atoms. The highest BCUT2D eigenvalue weighted by atomic mass is 32.1. The molecule has 0 aliphatic rings. The number of para-hydroxylation sites is 3. The van der Waals surface area contributed by atoms with Crippen molar-refractivity contribution in [1.82, 2.24) is 19.5 Å². The molecule has 0 aliphatic carbocycles. The highest BCUT2D eigenvalue weighted by Crippen LogP contribution is 2.42. The summed E-state index contributed by atoms with van der Waals surface area (Å²) in [6.07, 6.45) is 0. The summed E-state index contributed by atoms with van der Waals surface area (Å²) in [6.45, 7) is 0. The molecule has 0 saturated heterocycles. The first-order chi connectivity index (χ1) is 28.2. The van der Waals surface area contributed by atoms with Gasteiger partial charge < -0.3 is 8.98 Å². The lowest BCUT2D eigenvalue weighted by Crippen LogP contribution is -2.00. The molecule has 266 valence electrons. The molecule has 57 heavy (non-hydrogen) atoms. The number of hydrogen-bond acceptors (Lipinski definition) is 5. The quantitative estimate of drug-likeness (QED) is 0.176. The molecule has 0 aliphatic heterocycles. The van der Waals surface area contributed by atoms with Crippen molar-refractivity contribution in [3.8, 4) is 51.0 Å². The lowest BCUT2D eigenvalue weighted by molar-refractivity contribution is 0.666. The molecule has 0 amide bonds. The molecule has 0 radical (unpaired) electrons. The molecule has 0 unspecified atom stereocenters. The average molecular weight is 747 g/mol. The van der Waals surface area contributed by atoms with Crippen molar-refractivity contribution in [3.63, 3.8) is 0 Å². The van der Waals surface area contributed by atoms with E-state index in [9.17, 15) is 0 Å². The molecular formula is C51H30N4OS. The molecule has 8 aromatic carbocycles. The number of furan rings is 1. The van der Waals surface area contributed by atoms with Crippen molar-refractivity contribution < 1.29 is 4.42 Å². The second-order valence-corrected chi connectivity index (χ2v) is 15.5. The molecule has 0 saturated carbocycles. The Morgan fingerprint density at radius 2 is 1.00 bits per heavy atom. The zero-order valence-corrected chi connectivity index (χ0v) is 31.2. The van der Waals surface area contributed by atoms with E-state index in [0.717, 1.165) is 55.3 Å². The van der Waals surface area contributed by atoms with Crippen LogP contribution in [0.5, 0.6) is 0 Å². The van der Waals surface area contributed by atoms with Gasteiger partial charge >= 0.3 is 0 Å². The van der Waals surface area contributed by atoms with Crippen LogP contribution in [-0.4, -0.2) is 19.5 Å². The van der Waals surface area contributed by atoms with Crippen LogP contribution in [0.4, 0.5) is 0 Å². The molecular weight excluding hydrogens is 717 g/mol. The number of benzene rings is 8. The lowest BCUT2D eigenvalue weighted by atomic mass is 9.99. The first kappa shape index (κ1) is 31.9. The zero-order valence-electron chi connectivity index (χ0n) is 30.4. The topological polar surface area (TPSA) is 56.7 Å². The van der Waals surface area contributed by atoms with Crippen LogP contribution in [-0.2, 0) is 0 Å². The van der Waals surface area contributed by atoms with E-state index in [2.05, 4.69) is 156 Å². The number of hydrogen-bond donors (Lipinski definition) is 0. The lowest BCUT2D eigenvalue weighted by Gasteiger charge is -2.09. The van der Waals surface area contributed by atoms with Crippen LogP contribution in [0.2, 0.25) is 0 Å². The predicted molar refractivity (Wildman–Crippen MR) is 236 cm³/mol. The third kappa shape index (κ3) is 5.04. The van der Waals surface area contributed by atoms with Crippen LogP contribution in [0.25, 0.3) is 115 Å². The standard InChI is InChI=1S/C51H30N4OS/c1-3-13-31(14-4-1)35-19-12-24-46-47(35)40-29-33(26-28-45(40)57-46)50-52-49(32-15-5-2-6-16-32)53-51(54-50)34-25-27-38-39-20-11-23-43(48(39)56-44(38)30-34)55-41-21-9-7-17-36(41)37-18-8-10-22-42(37)55/h1-30H. The minimum atomic E-state index is 0.587. The van der Waals surface area contributed by atoms with Crippen molar-refractivity contribution in [2.24, 2.45) is 0 Å². The van der Waals surface area contributed by atoms with Crippen molar-refractivity contribution in [2.75, 3.05) is 0 Å². The second kappa shape index (κ2) is 12.6. The normalized spacial score (nSPS) is 11.9. The number of rotatable bonds is 5. The van der Waals surface area contributed by atoms with Gasteiger partial charge in [0.05, 0.1) is 16.7 Å². The predicted octanol–water partition coefficient (Wildman–Crippen LogP) is 13.9. The van der Waals surface area contributed by atoms with Gasteiger partial charge in [-0.05, 0) is 65.7 Å². The van der Waals surface area contributed by atoms with Crippen molar-refractivity contribution in [1.29, 1.82) is 0 Å². The van der Waals surface area contributed by atoms with Gasteiger partial charge in [-0.1, -0.05) is 127 Å². The fraction of sp³-hybridized carbons (Fsp3) is 0. The molecule has 0 bridgehead atoms. The number of aromatic nitrogens is 4. The molecule has 0 N–H and O–H groups in total. The Labute approximate surface area is 330 Å². The Balaban J connectivity index is 1.03. The van der Waals surface area contributed by atoms with Gasteiger partial charge in [0.25, 0.3) is 0 Å². The maximum atomic E-state index is 6.83. The maximum absolute atomic E-state index is 6.83. The van der Waals surface area contributed by atoms with Crippen molar-refractivity contribution >= 4 is 75.3 Å². The summed E-state index contributed by atoms with van der Waals surface area (Å²) >= 11 is 1.81. The fourth-order valence-electron chi connectivity index (χ4n) is 8.46. The highest BCUT2D eigenvalue weighted by Gasteiger charge is 2.20. The Morgan fingerprint density at radius 3 is 1.74 bits per heavy atom. The van der Waals surface area contributed by atoms with E-state index in [-0.39, 0.29) is 0 Å². The van der Waals surface area contributed by atoms with Crippen molar-refractivity contribution in [2.45, 2.75) is 0 Å². The van der Waals surface area contributed by atoms with Crippen LogP contribution >= 0.6 is 11.3 Å². The Morgan fingerprint density at radius 1 is 0.404 bits per heavy atom. The minimum absolute atomic E-state index is 0.587. The third-order valence-corrected chi connectivity index (χ3v) is 12.2. The maximum Gasteiger partial charge on any atom is 0.164 e. The average Bonchev–Trinajstić information content (AvgIpc) is 3.96. The molecule has 12 aromatic rings. The fourth-order valence-corrected chi connectivity index (χ4v) is 9.57. The van der Waals surface area contributed by atoms with Gasteiger partial charge in [-0.15, -0.1) is 11.3 Å². The first-order valence-corrected chi connectivity index (χ1v) is 19.8. The van der Waals surface area contributed by atoms with Crippen LogP contribution in [0.15, 0.2) is 186 Å². The number of fused-ring (bicyclic) bond motifs is 9. The van der Waals surface area contributed by atoms with Gasteiger partial charge in [0.15, 0.2) is 23.1 Å².